The van der Waals surface area contributed by atoms with Gasteiger partial charge in [-0.1, -0.05) is 29.3 Å². The zero-order valence-corrected chi connectivity index (χ0v) is 19.0. The molecule has 3 amide bonds. The van der Waals surface area contributed by atoms with E-state index in [1.165, 1.54) is 5.01 Å². The molecule has 0 aliphatic carbocycles. The van der Waals surface area contributed by atoms with Crippen LogP contribution < -0.4 is 20.7 Å². The van der Waals surface area contributed by atoms with Gasteiger partial charge in [-0.2, -0.15) is 0 Å². The average Bonchev–Trinajstić information content (AvgIpc) is 2.84. The van der Waals surface area contributed by atoms with Crippen LogP contribution in [0, 0.1) is 6.92 Å². The Morgan fingerprint density at radius 2 is 1.64 bits per heavy atom. The number of aliphatic imine (C=N–C) groups is 1. The van der Waals surface area contributed by atoms with Crippen LogP contribution in [0.15, 0.2) is 53.5 Å². The molecule has 0 unspecified atom stereocenters. The van der Waals surface area contributed by atoms with Gasteiger partial charge < -0.3 is 15.1 Å². The maximum absolute atomic E-state index is 12.6. The molecule has 0 bridgehead atoms. The SMILES string of the molecule is Cc1ccc(N2NC(C(=O)NCC(=O)N3CCN(c4ccc(Cl)cc4)CC3)=NCC2=O)cc1. The van der Waals surface area contributed by atoms with Crippen molar-refractivity contribution in [1.82, 2.24) is 15.6 Å². The zero-order valence-electron chi connectivity index (χ0n) is 18.3. The summed E-state index contributed by atoms with van der Waals surface area (Å²) in [6.07, 6.45) is 0. The van der Waals surface area contributed by atoms with Gasteiger partial charge in [-0.3, -0.25) is 24.8 Å². The Morgan fingerprint density at radius 3 is 2.30 bits per heavy atom. The number of rotatable bonds is 5. The van der Waals surface area contributed by atoms with E-state index in [1.807, 2.05) is 43.3 Å². The molecule has 2 aromatic rings. The second kappa shape index (κ2) is 9.91. The quantitative estimate of drug-likeness (QED) is 0.690. The van der Waals surface area contributed by atoms with E-state index in [9.17, 15) is 14.4 Å². The lowest BCUT2D eigenvalue weighted by Gasteiger charge is -2.36. The molecule has 2 aromatic carbocycles. The van der Waals surface area contributed by atoms with E-state index in [2.05, 4.69) is 20.6 Å². The number of benzene rings is 2. The largest absolute Gasteiger partial charge is 0.368 e. The van der Waals surface area contributed by atoms with Gasteiger partial charge in [0.15, 0.2) is 0 Å². The van der Waals surface area contributed by atoms with E-state index in [0.717, 1.165) is 11.3 Å². The first-order valence-corrected chi connectivity index (χ1v) is 11.1. The Morgan fingerprint density at radius 1 is 1.00 bits per heavy atom. The van der Waals surface area contributed by atoms with Crippen LogP contribution in [-0.4, -0.2) is 67.7 Å². The summed E-state index contributed by atoms with van der Waals surface area (Å²) in [5.74, 6) is -0.977. The minimum atomic E-state index is -0.534. The highest BCUT2D eigenvalue weighted by Crippen LogP contribution is 2.19. The molecule has 172 valence electrons. The molecular formula is C23H25ClN6O3. The van der Waals surface area contributed by atoms with E-state index in [1.54, 1.807) is 17.0 Å². The molecule has 9 nitrogen and oxygen atoms in total. The maximum Gasteiger partial charge on any atom is 0.288 e. The van der Waals surface area contributed by atoms with Gasteiger partial charge in [0.05, 0.1) is 12.2 Å². The molecule has 4 rings (SSSR count). The number of hydrogen-bond donors (Lipinski definition) is 2. The van der Waals surface area contributed by atoms with E-state index < -0.39 is 5.91 Å². The van der Waals surface area contributed by atoms with Crippen molar-refractivity contribution < 1.29 is 14.4 Å². The highest BCUT2D eigenvalue weighted by Gasteiger charge is 2.27. The third-order valence-corrected chi connectivity index (χ3v) is 5.82. The Hall–Kier alpha value is -3.59. The molecule has 0 spiro atoms. The number of carbonyl (C=O) groups is 3. The number of amides is 3. The van der Waals surface area contributed by atoms with E-state index in [0.29, 0.717) is 36.9 Å². The molecule has 0 aromatic heterocycles. The zero-order chi connectivity index (χ0) is 23.4. The monoisotopic (exact) mass is 468 g/mol. The number of piperazine rings is 1. The molecule has 1 saturated heterocycles. The Labute approximate surface area is 197 Å². The number of amidine groups is 1. The summed E-state index contributed by atoms with van der Waals surface area (Å²) in [5, 5.41) is 4.58. The normalized spacial score (nSPS) is 16.2. The van der Waals surface area contributed by atoms with Crippen molar-refractivity contribution in [3.63, 3.8) is 0 Å². The summed E-state index contributed by atoms with van der Waals surface area (Å²) in [6.45, 7) is 4.18. The number of nitrogens with zero attached hydrogens (tertiary/aromatic N) is 4. The molecule has 1 fully saturated rings. The molecule has 0 atom stereocenters. The predicted molar refractivity (Wildman–Crippen MR) is 127 cm³/mol. The third kappa shape index (κ3) is 5.43. The Kier molecular flexibility index (Phi) is 6.79. The third-order valence-electron chi connectivity index (χ3n) is 5.57. The minimum Gasteiger partial charge on any atom is -0.368 e. The van der Waals surface area contributed by atoms with Crippen LogP contribution >= 0.6 is 11.6 Å². The van der Waals surface area contributed by atoms with Gasteiger partial charge in [-0.05, 0) is 43.3 Å². The molecule has 33 heavy (non-hydrogen) atoms. The smallest absolute Gasteiger partial charge is 0.288 e. The standard InChI is InChI=1S/C23H25ClN6O3/c1-16-2-6-19(7-3-16)30-21(32)15-25-22(27-30)23(33)26-14-20(31)29-12-10-28(11-13-29)18-8-4-17(24)5-9-18/h2-9H,10-15H2,1H3,(H,25,27)(H,26,33). The number of hydrazine groups is 1. The number of carbonyl (C=O) groups excluding carboxylic acids is 3. The second-order valence-corrected chi connectivity index (χ2v) is 8.30. The lowest BCUT2D eigenvalue weighted by atomic mass is 10.2. The van der Waals surface area contributed by atoms with Crippen LogP contribution in [0.25, 0.3) is 0 Å². The van der Waals surface area contributed by atoms with Gasteiger partial charge in [0.1, 0.15) is 6.54 Å². The number of nitrogens with one attached hydrogen (secondary N) is 2. The second-order valence-electron chi connectivity index (χ2n) is 7.87. The highest BCUT2D eigenvalue weighted by molar-refractivity contribution is 6.39. The van der Waals surface area contributed by atoms with E-state index >= 15 is 0 Å². The molecule has 2 heterocycles. The van der Waals surface area contributed by atoms with Crippen LogP contribution in [-0.2, 0) is 14.4 Å². The molecule has 0 radical (unpaired) electrons. The molecule has 10 heteroatoms. The summed E-state index contributed by atoms with van der Waals surface area (Å²) in [4.78, 5) is 45.3. The number of halogens is 1. The lowest BCUT2D eigenvalue weighted by molar-refractivity contribution is -0.132. The summed E-state index contributed by atoms with van der Waals surface area (Å²) < 4.78 is 0. The van der Waals surface area contributed by atoms with Crippen molar-refractivity contribution in [2.75, 3.05) is 49.2 Å². The van der Waals surface area contributed by atoms with Crippen molar-refractivity contribution in [1.29, 1.82) is 0 Å². The number of anilines is 2. The Bertz CT molecular complexity index is 1060. The van der Waals surface area contributed by atoms with Gasteiger partial charge in [-0.25, -0.2) is 5.01 Å². The first-order valence-electron chi connectivity index (χ1n) is 10.7. The van der Waals surface area contributed by atoms with Crippen molar-refractivity contribution in [2.24, 2.45) is 4.99 Å². The van der Waals surface area contributed by atoms with Crippen LogP contribution in [0.2, 0.25) is 5.02 Å². The molecule has 2 aliphatic heterocycles. The van der Waals surface area contributed by atoms with Crippen molar-refractivity contribution >= 4 is 46.5 Å². The van der Waals surface area contributed by atoms with Gasteiger partial charge >= 0.3 is 0 Å². The fraction of sp³-hybridized carbons (Fsp3) is 0.304. The van der Waals surface area contributed by atoms with Crippen molar-refractivity contribution in [3.05, 3.63) is 59.1 Å². The van der Waals surface area contributed by atoms with Crippen LogP contribution in [0.5, 0.6) is 0 Å². The first-order chi connectivity index (χ1) is 15.9. The molecule has 2 N–H and O–H groups in total. The summed E-state index contributed by atoms with van der Waals surface area (Å²) in [7, 11) is 0. The number of hydrogen-bond acceptors (Lipinski definition) is 6. The first kappa shape index (κ1) is 22.6. The molecular weight excluding hydrogens is 444 g/mol. The van der Waals surface area contributed by atoms with Gasteiger partial charge in [0, 0.05) is 36.9 Å². The highest BCUT2D eigenvalue weighted by atomic mass is 35.5. The van der Waals surface area contributed by atoms with Gasteiger partial charge in [0.2, 0.25) is 11.7 Å². The van der Waals surface area contributed by atoms with Crippen LogP contribution in [0.4, 0.5) is 11.4 Å². The van der Waals surface area contributed by atoms with E-state index in [4.69, 9.17) is 11.6 Å². The van der Waals surface area contributed by atoms with Gasteiger partial charge in [-0.15, -0.1) is 0 Å². The summed E-state index contributed by atoms with van der Waals surface area (Å²) in [6, 6.07) is 14.9. The lowest BCUT2D eigenvalue weighted by Crippen LogP contribution is -2.57. The number of aryl methyl sites for hydroxylation is 1. The van der Waals surface area contributed by atoms with Gasteiger partial charge in [0.25, 0.3) is 11.8 Å². The Balaban J connectivity index is 1.27. The van der Waals surface area contributed by atoms with Crippen molar-refractivity contribution in [2.45, 2.75) is 6.92 Å². The van der Waals surface area contributed by atoms with Crippen LogP contribution in [0.3, 0.4) is 0 Å². The topological polar surface area (TPSA) is 97.3 Å². The minimum absolute atomic E-state index is 0.00414. The van der Waals surface area contributed by atoms with Crippen LogP contribution in [0.1, 0.15) is 5.56 Å². The van der Waals surface area contributed by atoms with E-state index in [-0.39, 0.29) is 30.7 Å². The maximum atomic E-state index is 12.6. The molecule has 2 aliphatic rings. The summed E-state index contributed by atoms with van der Waals surface area (Å²) in [5.41, 5.74) is 5.48. The fourth-order valence-electron chi connectivity index (χ4n) is 3.66. The molecule has 0 saturated carbocycles. The average molecular weight is 469 g/mol. The summed E-state index contributed by atoms with van der Waals surface area (Å²) >= 11 is 5.95. The van der Waals surface area contributed by atoms with Crippen molar-refractivity contribution in [3.8, 4) is 0 Å². The predicted octanol–water partition coefficient (Wildman–Crippen LogP) is 1.36. The fourth-order valence-corrected chi connectivity index (χ4v) is 3.79.